The number of hydrogen-bond acceptors (Lipinski definition) is 11. The first-order valence-electron chi connectivity index (χ1n) is 12.0. The maximum Gasteiger partial charge on any atom is 0.379 e. The van der Waals surface area contributed by atoms with Crippen molar-refractivity contribution in [3.05, 3.63) is 68.8 Å². The number of ether oxygens (including phenoxy) is 1. The van der Waals surface area contributed by atoms with Gasteiger partial charge >= 0.3 is 13.3 Å². The zero-order valence-corrected chi connectivity index (χ0v) is 22.5. The summed E-state index contributed by atoms with van der Waals surface area (Å²) >= 11 is 0. The number of aliphatic hydroxyl groups is 1. The molecule has 1 saturated heterocycles. The minimum absolute atomic E-state index is 0.0330. The molecule has 1 fully saturated rings. The largest absolute Gasteiger partial charge is 0.394 e. The quantitative estimate of drug-likeness (QED) is 0.256. The van der Waals surface area contributed by atoms with Crippen LogP contribution in [-0.4, -0.2) is 66.8 Å². The van der Waals surface area contributed by atoms with Gasteiger partial charge in [-0.1, -0.05) is 29.5 Å². The predicted molar refractivity (Wildman–Crippen MR) is 140 cm³/mol. The number of nitriles is 1. The molecule has 0 radical (unpaired) electrons. The molecule has 1 aromatic carbocycles. The molecule has 0 amide bonds. The molecule has 15 nitrogen and oxygen atoms in total. The number of nitrogens with zero attached hydrogens (tertiary/aromatic N) is 6. The van der Waals surface area contributed by atoms with E-state index in [9.17, 15) is 24.5 Å². The van der Waals surface area contributed by atoms with Crippen LogP contribution in [0.4, 0.5) is 0 Å². The standard InChI is InChI=1S/C24H25N8O7P/c1-13-10-31(24(35)26-22(13)34)20-8-18(19(12-33)39-20)32-11-17(28-30-32)14-4-6-15(7-5-14)21-16(9-25)27-29-23(21)40(36,37-2)38-3/h4-7,10-11,18-20,33H,8,12H2,1-3H3,(H,27,29)(H,26,34,35)/t18-,19+,20+/m0/s1. The van der Waals surface area contributed by atoms with Crippen molar-refractivity contribution in [2.24, 2.45) is 0 Å². The fourth-order valence-corrected chi connectivity index (χ4v) is 5.85. The first kappa shape index (κ1) is 27.4. The van der Waals surface area contributed by atoms with Crippen molar-refractivity contribution in [1.82, 2.24) is 34.7 Å². The van der Waals surface area contributed by atoms with Crippen molar-refractivity contribution in [1.29, 1.82) is 5.26 Å². The molecule has 40 heavy (non-hydrogen) atoms. The maximum atomic E-state index is 13.0. The summed E-state index contributed by atoms with van der Waals surface area (Å²) < 4.78 is 31.9. The summed E-state index contributed by atoms with van der Waals surface area (Å²) in [5.74, 6) is 0. The molecule has 5 rings (SSSR count). The van der Waals surface area contributed by atoms with E-state index in [1.165, 1.54) is 25.0 Å². The number of rotatable bonds is 8. The second-order valence-electron chi connectivity index (χ2n) is 9.02. The van der Waals surface area contributed by atoms with Crippen LogP contribution in [0.3, 0.4) is 0 Å². The van der Waals surface area contributed by atoms with Gasteiger partial charge in [0.15, 0.2) is 11.1 Å². The van der Waals surface area contributed by atoms with Gasteiger partial charge in [0.05, 0.1) is 24.4 Å². The number of benzene rings is 1. The van der Waals surface area contributed by atoms with E-state index in [1.807, 2.05) is 6.07 Å². The van der Waals surface area contributed by atoms with Crippen LogP contribution in [0.1, 0.15) is 29.9 Å². The summed E-state index contributed by atoms with van der Waals surface area (Å²) in [4.78, 5) is 26.3. The normalized spacial score (nSPS) is 19.1. The average molecular weight is 568 g/mol. The Morgan fingerprint density at radius 1 is 1.20 bits per heavy atom. The van der Waals surface area contributed by atoms with Gasteiger partial charge in [0.2, 0.25) is 0 Å². The van der Waals surface area contributed by atoms with Gasteiger partial charge in [-0.2, -0.15) is 10.4 Å². The Morgan fingerprint density at radius 3 is 2.55 bits per heavy atom. The van der Waals surface area contributed by atoms with Gasteiger partial charge in [-0.15, -0.1) is 5.10 Å². The van der Waals surface area contributed by atoms with Gasteiger partial charge in [0, 0.05) is 38.0 Å². The van der Waals surface area contributed by atoms with Crippen LogP contribution in [0.25, 0.3) is 22.4 Å². The average Bonchev–Trinajstić information content (AvgIpc) is 3.72. The van der Waals surface area contributed by atoms with E-state index in [4.69, 9.17) is 13.8 Å². The van der Waals surface area contributed by atoms with Gasteiger partial charge in [0.25, 0.3) is 5.56 Å². The number of aryl methyl sites for hydroxylation is 1. The zero-order valence-electron chi connectivity index (χ0n) is 21.6. The lowest BCUT2D eigenvalue weighted by Crippen LogP contribution is -2.33. The van der Waals surface area contributed by atoms with E-state index in [0.29, 0.717) is 34.4 Å². The van der Waals surface area contributed by atoms with E-state index < -0.39 is 37.2 Å². The highest BCUT2D eigenvalue weighted by Gasteiger charge is 2.38. The van der Waals surface area contributed by atoms with Crippen LogP contribution in [0, 0.1) is 18.3 Å². The molecule has 3 atom stereocenters. The number of hydrogen-bond donors (Lipinski definition) is 3. The summed E-state index contributed by atoms with van der Waals surface area (Å²) in [6.45, 7) is 1.27. The van der Waals surface area contributed by atoms with Crippen LogP contribution in [-0.2, 0) is 18.3 Å². The van der Waals surface area contributed by atoms with E-state index >= 15 is 0 Å². The molecule has 16 heteroatoms. The maximum absolute atomic E-state index is 13.0. The monoisotopic (exact) mass is 568 g/mol. The smallest absolute Gasteiger partial charge is 0.379 e. The Hall–Kier alpha value is -4.19. The third-order valence-electron chi connectivity index (χ3n) is 6.77. The molecule has 1 aliphatic heterocycles. The molecule has 0 saturated carbocycles. The lowest BCUT2D eigenvalue weighted by atomic mass is 10.0. The highest BCUT2D eigenvalue weighted by molar-refractivity contribution is 7.62. The van der Waals surface area contributed by atoms with Gasteiger partial charge in [-0.05, 0) is 12.5 Å². The van der Waals surface area contributed by atoms with Crippen LogP contribution < -0.4 is 16.7 Å². The lowest BCUT2D eigenvalue weighted by Gasteiger charge is -2.15. The summed E-state index contributed by atoms with van der Waals surface area (Å²) in [6.07, 6.45) is 2.05. The zero-order chi connectivity index (χ0) is 28.6. The summed E-state index contributed by atoms with van der Waals surface area (Å²) in [5.41, 5.74) is 1.46. The third-order valence-corrected chi connectivity index (χ3v) is 8.60. The van der Waals surface area contributed by atoms with Crippen molar-refractivity contribution < 1.29 is 23.5 Å². The first-order valence-corrected chi connectivity index (χ1v) is 13.6. The SMILES string of the molecule is COP(=O)(OC)c1[nH]nc(C#N)c1-c1ccc(-c2cn([C@H]3C[C@H](n4cc(C)c(=O)[nH]c4=O)O[C@@H]3CO)nn2)cc1. The van der Waals surface area contributed by atoms with Gasteiger partial charge in [-0.25, -0.2) is 9.48 Å². The fourth-order valence-electron chi connectivity index (χ4n) is 4.65. The molecule has 1 aliphatic rings. The van der Waals surface area contributed by atoms with E-state index in [1.54, 1.807) is 42.1 Å². The van der Waals surface area contributed by atoms with Crippen molar-refractivity contribution in [3.63, 3.8) is 0 Å². The van der Waals surface area contributed by atoms with Crippen LogP contribution >= 0.6 is 7.60 Å². The highest BCUT2D eigenvalue weighted by atomic mass is 31.2. The van der Waals surface area contributed by atoms with Crippen LogP contribution in [0.5, 0.6) is 0 Å². The minimum atomic E-state index is -3.72. The Kier molecular flexibility index (Phi) is 7.37. The van der Waals surface area contributed by atoms with Crippen molar-refractivity contribution in [3.8, 4) is 28.5 Å². The van der Waals surface area contributed by atoms with Gasteiger partial charge in [0.1, 0.15) is 24.1 Å². The molecule has 4 aromatic rings. The molecule has 0 bridgehead atoms. The number of H-pyrrole nitrogens is 2. The molecule has 3 N–H and O–H groups in total. The van der Waals surface area contributed by atoms with Crippen molar-refractivity contribution >= 4 is 13.0 Å². The second-order valence-corrected chi connectivity index (χ2v) is 11.2. The second kappa shape index (κ2) is 10.8. The van der Waals surface area contributed by atoms with E-state index in [2.05, 4.69) is 25.5 Å². The molecular weight excluding hydrogens is 543 g/mol. The number of aromatic nitrogens is 7. The van der Waals surface area contributed by atoms with Crippen LogP contribution in [0.2, 0.25) is 0 Å². The predicted octanol–water partition coefficient (Wildman–Crippen LogP) is 0.998. The molecule has 0 unspecified atom stereocenters. The summed E-state index contributed by atoms with van der Waals surface area (Å²) in [5, 5.41) is 34.5. The number of aliphatic hydroxyl groups excluding tert-OH is 1. The molecule has 3 aromatic heterocycles. The minimum Gasteiger partial charge on any atom is -0.394 e. The topological polar surface area (TPSA) is 203 Å². The highest BCUT2D eigenvalue weighted by Crippen LogP contribution is 2.47. The van der Waals surface area contributed by atoms with E-state index in [-0.39, 0.29) is 17.7 Å². The Bertz CT molecular complexity index is 1740. The van der Waals surface area contributed by atoms with Crippen LogP contribution in [0.15, 0.2) is 46.2 Å². The fraction of sp³-hybridized carbons (Fsp3) is 0.333. The summed E-state index contributed by atoms with van der Waals surface area (Å²) in [7, 11) is -1.23. The third kappa shape index (κ3) is 4.72. The number of nitrogens with one attached hydrogen (secondary N) is 2. The Labute approximate surface area is 226 Å². The van der Waals surface area contributed by atoms with Gasteiger partial charge < -0.3 is 18.9 Å². The van der Waals surface area contributed by atoms with E-state index in [0.717, 1.165) is 0 Å². The lowest BCUT2D eigenvalue weighted by molar-refractivity contribution is -0.0323. The molecular formula is C24H25N8O7P. The summed E-state index contributed by atoms with van der Waals surface area (Å²) in [6, 6.07) is 8.49. The molecule has 4 heterocycles. The van der Waals surface area contributed by atoms with Gasteiger partial charge in [-0.3, -0.25) is 24.0 Å². The van der Waals surface area contributed by atoms with Crippen molar-refractivity contribution in [2.75, 3.05) is 20.8 Å². The first-order chi connectivity index (χ1) is 19.2. The molecule has 208 valence electrons. The Morgan fingerprint density at radius 2 is 1.90 bits per heavy atom. The molecule has 0 aliphatic carbocycles. The Balaban J connectivity index is 1.42. The molecule has 0 spiro atoms. The van der Waals surface area contributed by atoms with Crippen molar-refractivity contribution in [2.45, 2.75) is 31.7 Å². The number of aromatic amines is 2.